The average molecular weight is 538 g/mol. The predicted molar refractivity (Wildman–Crippen MR) is 148 cm³/mol. The quantitative estimate of drug-likeness (QED) is 0.375. The Morgan fingerprint density at radius 3 is 2.26 bits per heavy atom. The lowest BCUT2D eigenvalue weighted by molar-refractivity contribution is -0.140. The van der Waals surface area contributed by atoms with Crippen molar-refractivity contribution in [3.8, 4) is 5.75 Å². The van der Waals surface area contributed by atoms with Gasteiger partial charge >= 0.3 is 0 Å². The molecule has 202 valence electrons. The Labute approximate surface area is 225 Å². The van der Waals surface area contributed by atoms with E-state index >= 15 is 0 Å². The maximum Gasteiger partial charge on any atom is 0.264 e. The standard InChI is InChI=1S/C29H35N3O5S/c1-5-25(29(34)30-6-2)31(20-23-14-12-13-22(3)19-23)28(33)21-32(26-17-10-11-18-27(26)37-4)38(35,36)24-15-8-7-9-16-24/h7-19,25H,5-6,20-21H2,1-4H3,(H,30,34). The Kier molecular flexibility index (Phi) is 9.90. The molecular formula is C29H35N3O5S. The van der Waals surface area contributed by atoms with Crippen molar-refractivity contribution in [2.75, 3.05) is 24.5 Å². The molecule has 9 heteroatoms. The number of amides is 2. The Bertz CT molecular complexity index is 1350. The van der Waals surface area contributed by atoms with E-state index < -0.39 is 28.5 Å². The summed E-state index contributed by atoms with van der Waals surface area (Å²) >= 11 is 0. The van der Waals surface area contributed by atoms with Crippen molar-refractivity contribution in [1.82, 2.24) is 10.2 Å². The van der Waals surface area contributed by atoms with Gasteiger partial charge in [-0.1, -0.05) is 67.1 Å². The second kappa shape index (κ2) is 13.1. The Balaban J connectivity index is 2.09. The molecule has 3 aromatic carbocycles. The second-order valence-electron chi connectivity index (χ2n) is 8.83. The number of methoxy groups -OCH3 is 1. The predicted octanol–water partition coefficient (Wildman–Crippen LogP) is 4.14. The largest absolute Gasteiger partial charge is 0.495 e. The first-order valence-corrected chi connectivity index (χ1v) is 14.0. The van der Waals surface area contributed by atoms with Crippen LogP contribution in [0.25, 0.3) is 0 Å². The molecule has 0 heterocycles. The molecule has 0 radical (unpaired) electrons. The Hall–Kier alpha value is -3.85. The van der Waals surface area contributed by atoms with Crippen LogP contribution in [0.5, 0.6) is 5.75 Å². The topological polar surface area (TPSA) is 96.0 Å². The number of hydrogen-bond acceptors (Lipinski definition) is 5. The van der Waals surface area contributed by atoms with Crippen molar-refractivity contribution in [3.05, 3.63) is 90.0 Å². The number of hydrogen-bond donors (Lipinski definition) is 1. The lowest BCUT2D eigenvalue weighted by atomic mass is 10.1. The van der Waals surface area contributed by atoms with E-state index in [2.05, 4.69) is 5.32 Å². The third kappa shape index (κ3) is 6.72. The molecular weight excluding hydrogens is 502 g/mol. The molecule has 0 fully saturated rings. The van der Waals surface area contributed by atoms with Crippen LogP contribution in [0.1, 0.15) is 31.4 Å². The molecule has 3 aromatic rings. The molecule has 1 unspecified atom stereocenters. The van der Waals surface area contributed by atoms with E-state index in [4.69, 9.17) is 4.74 Å². The van der Waals surface area contributed by atoms with Gasteiger partial charge < -0.3 is 15.0 Å². The maximum absolute atomic E-state index is 14.0. The van der Waals surface area contributed by atoms with Crippen molar-refractivity contribution in [2.45, 2.75) is 44.7 Å². The summed E-state index contributed by atoms with van der Waals surface area (Å²) in [6.45, 7) is 5.65. The molecule has 0 aliphatic heterocycles. The molecule has 0 saturated carbocycles. The van der Waals surface area contributed by atoms with E-state index in [1.54, 1.807) is 42.5 Å². The molecule has 38 heavy (non-hydrogen) atoms. The van der Waals surface area contributed by atoms with Gasteiger partial charge in [-0.25, -0.2) is 8.42 Å². The van der Waals surface area contributed by atoms with Gasteiger partial charge in [0.1, 0.15) is 18.3 Å². The molecule has 0 bridgehead atoms. The molecule has 3 rings (SSSR count). The highest BCUT2D eigenvalue weighted by atomic mass is 32.2. The number of carbonyl (C=O) groups is 2. The maximum atomic E-state index is 14.0. The summed E-state index contributed by atoms with van der Waals surface area (Å²) in [5.41, 5.74) is 2.09. The minimum atomic E-state index is -4.15. The third-order valence-electron chi connectivity index (χ3n) is 6.14. The average Bonchev–Trinajstić information content (AvgIpc) is 2.92. The van der Waals surface area contributed by atoms with Gasteiger partial charge in [-0.15, -0.1) is 0 Å². The summed E-state index contributed by atoms with van der Waals surface area (Å²) < 4.78 is 34.2. The fourth-order valence-electron chi connectivity index (χ4n) is 4.29. The SMILES string of the molecule is CCNC(=O)C(CC)N(Cc1cccc(C)c1)C(=O)CN(c1ccccc1OC)S(=O)(=O)c1ccccc1. The number of nitrogens with zero attached hydrogens (tertiary/aromatic N) is 2. The van der Waals surface area contributed by atoms with Gasteiger partial charge in [0.15, 0.2) is 0 Å². The van der Waals surface area contributed by atoms with Crippen molar-refractivity contribution < 1.29 is 22.7 Å². The Morgan fingerprint density at radius 1 is 0.947 bits per heavy atom. The van der Waals surface area contributed by atoms with E-state index in [-0.39, 0.29) is 23.0 Å². The fraction of sp³-hybridized carbons (Fsp3) is 0.310. The number of para-hydroxylation sites is 2. The molecule has 0 aromatic heterocycles. The number of benzene rings is 3. The van der Waals surface area contributed by atoms with Gasteiger partial charge in [0, 0.05) is 13.1 Å². The lowest BCUT2D eigenvalue weighted by Crippen LogP contribution is -2.52. The van der Waals surface area contributed by atoms with Crippen LogP contribution in [-0.4, -0.2) is 51.4 Å². The van der Waals surface area contributed by atoms with E-state index in [9.17, 15) is 18.0 Å². The minimum Gasteiger partial charge on any atom is -0.495 e. The molecule has 1 N–H and O–H groups in total. The van der Waals surface area contributed by atoms with Crippen LogP contribution in [-0.2, 0) is 26.2 Å². The summed E-state index contributed by atoms with van der Waals surface area (Å²) in [4.78, 5) is 28.5. The first kappa shape index (κ1) is 28.7. The summed E-state index contributed by atoms with van der Waals surface area (Å²) in [5, 5.41) is 2.80. The number of likely N-dealkylation sites (N-methyl/N-ethyl adjacent to an activating group) is 1. The van der Waals surface area contributed by atoms with Gasteiger partial charge in [0.2, 0.25) is 11.8 Å². The smallest absolute Gasteiger partial charge is 0.264 e. The lowest BCUT2D eigenvalue weighted by Gasteiger charge is -2.33. The molecule has 0 aliphatic carbocycles. The number of ether oxygens (including phenoxy) is 1. The normalized spacial score (nSPS) is 11.9. The summed E-state index contributed by atoms with van der Waals surface area (Å²) in [5.74, 6) is -0.485. The number of rotatable bonds is 12. The molecule has 1 atom stereocenters. The minimum absolute atomic E-state index is 0.0414. The van der Waals surface area contributed by atoms with Crippen LogP contribution in [0.15, 0.2) is 83.8 Å². The van der Waals surface area contributed by atoms with Crippen LogP contribution in [0, 0.1) is 6.92 Å². The van der Waals surface area contributed by atoms with Crippen molar-refractivity contribution in [1.29, 1.82) is 0 Å². The van der Waals surface area contributed by atoms with E-state index in [1.807, 2.05) is 45.0 Å². The number of carbonyl (C=O) groups excluding carboxylic acids is 2. The first-order chi connectivity index (χ1) is 18.2. The molecule has 0 spiro atoms. The fourth-order valence-corrected chi connectivity index (χ4v) is 5.73. The number of anilines is 1. The van der Waals surface area contributed by atoms with Crippen LogP contribution in [0.3, 0.4) is 0 Å². The third-order valence-corrected chi connectivity index (χ3v) is 7.91. The first-order valence-electron chi connectivity index (χ1n) is 12.6. The van der Waals surface area contributed by atoms with Crippen LogP contribution >= 0.6 is 0 Å². The van der Waals surface area contributed by atoms with Gasteiger partial charge in [-0.2, -0.15) is 0 Å². The monoisotopic (exact) mass is 537 g/mol. The zero-order valence-electron chi connectivity index (χ0n) is 22.3. The molecule has 2 amide bonds. The second-order valence-corrected chi connectivity index (χ2v) is 10.7. The van der Waals surface area contributed by atoms with E-state index in [0.29, 0.717) is 18.7 Å². The van der Waals surface area contributed by atoms with Crippen molar-refractivity contribution in [2.24, 2.45) is 0 Å². The number of aryl methyl sites for hydroxylation is 1. The highest BCUT2D eigenvalue weighted by molar-refractivity contribution is 7.92. The van der Waals surface area contributed by atoms with Crippen LogP contribution in [0.4, 0.5) is 5.69 Å². The van der Waals surface area contributed by atoms with Crippen LogP contribution < -0.4 is 14.4 Å². The summed E-state index contributed by atoms with van der Waals surface area (Å²) in [7, 11) is -2.71. The van der Waals surface area contributed by atoms with Gasteiger partial charge in [0.05, 0.1) is 17.7 Å². The Morgan fingerprint density at radius 2 is 1.63 bits per heavy atom. The van der Waals surface area contributed by atoms with Gasteiger partial charge in [-0.05, 0) is 50.1 Å². The van der Waals surface area contributed by atoms with E-state index in [0.717, 1.165) is 15.4 Å². The summed E-state index contributed by atoms with van der Waals surface area (Å²) in [6.07, 6.45) is 0.365. The van der Waals surface area contributed by atoms with Crippen molar-refractivity contribution in [3.63, 3.8) is 0 Å². The van der Waals surface area contributed by atoms with Crippen LogP contribution in [0.2, 0.25) is 0 Å². The van der Waals surface area contributed by atoms with E-state index in [1.165, 1.54) is 24.1 Å². The van der Waals surface area contributed by atoms with Gasteiger partial charge in [0.25, 0.3) is 10.0 Å². The zero-order valence-corrected chi connectivity index (χ0v) is 23.1. The zero-order chi connectivity index (χ0) is 27.7. The molecule has 8 nitrogen and oxygen atoms in total. The summed E-state index contributed by atoms with van der Waals surface area (Å²) in [6, 6.07) is 21.5. The highest BCUT2D eigenvalue weighted by Gasteiger charge is 2.34. The van der Waals surface area contributed by atoms with Crippen molar-refractivity contribution >= 4 is 27.5 Å². The number of sulfonamides is 1. The highest BCUT2D eigenvalue weighted by Crippen LogP contribution is 2.32. The van der Waals surface area contributed by atoms with Gasteiger partial charge in [-0.3, -0.25) is 13.9 Å². The molecule has 0 saturated heterocycles. The molecule has 0 aliphatic rings. The number of nitrogens with one attached hydrogen (secondary N) is 1.